The average molecular weight is 169 g/mol. The van der Waals surface area contributed by atoms with Gasteiger partial charge in [-0.1, -0.05) is 6.08 Å². The van der Waals surface area contributed by atoms with Crippen molar-refractivity contribution in [1.82, 2.24) is 4.90 Å². The third-order valence-electron chi connectivity index (χ3n) is 1.88. The Balaban J connectivity index is 3.49. The normalized spacial score (nSPS) is 11.8. The van der Waals surface area contributed by atoms with Crippen LogP contribution >= 0.6 is 0 Å². The zero-order chi connectivity index (χ0) is 9.56. The van der Waals surface area contributed by atoms with Crippen LogP contribution in [0.2, 0.25) is 0 Å². The van der Waals surface area contributed by atoms with Gasteiger partial charge in [0.1, 0.15) is 0 Å². The van der Waals surface area contributed by atoms with Gasteiger partial charge >= 0.3 is 0 Å². The second-order valence-electron chi connectivity index (χ2n) is 3.38. The number of nitrogens with zero attached hydrogens (tertiary/aromatic N) is 1. The monoisotopic (exact) mass is 169 g/mol. The van der Waals surface area contributed by atoms with E-state index in [4.69, 9.17) is 0 Å². The molecule has 0 aliphatic heterocycles. The molecule has 0 rings (SSSR count). The van der Waals surface area contributed by atoms with Crippen molar-refractivity contribution in [3.8, 4) is 0 Å². The summed E-state index contributed by atoms with van der Waals surface area (Å²) < 4.78 is 0. The first-order valence-corrected chi connectivity index (χ1v) is 4.41. The van der Waals surface area contributed by atoms with Crippen LogP contribution in [0.25, 0.3) is 0 Å². The number of hydrogen-bond acceptors (Lipinski definition) is 2. The van der Waals surface area contributed by atoms with E-state index >= 15 is 0 Å². The van der Waals surface area contributed by atoms with E-state index in [1.54, 1.807) is 13.0 Å². The maximum atomic E-state index is 10.5. The molecule has 0 spiro atoms. The number of carbonyl (C=O) groups is 1. The van der Waals surface area contributed by atoms with Crippen LogP contribution in [-0.4, -0.2) is 30.3 Å². The molecule has 0 aromatic heterocycles. The van der Waals surface area contributed by atoms with Gasteiger partial charge in [0.2, 0.25) is 0 Å². The van der Waals surface area contributed by atoms with E-state index in [2.05, 4.69) is 25.8 Å². The third kappa shape index (κ3) is 6.10. The molecule has 0 saturated heterocycles. The molecule has 0 aromatic carbocycles. The topological polar surface area (TPSA) is 20.3 Å². The fourth-order valence-corrected chi connectivity index (χ4v) is 0.786. The maximum absolute atomic E-state index is 10.5. The number of rotatable bonds is 5. The number of allylic oxidation sites excluding steroid dienone is 1. The fraction of sp³-hybridized carbons (Fsp3) is 0.700. The molecule has 0 heterocycles. The van der Waals surface area contributed by atoms with Gasteiger partial charge in [-0.05, 0) is 40.3 Å². The van der Waals surface area contributed by atoms with Crippen molar-refractivity contribution in [3.63, 3.8) is 0 Å². The number of hydrogen-bond donors (Lipinski definition) is 0. The third-order valence-corrected chi connectivity index (χ3v) is 1.88. The van der Waals surface area contributed by atoms with Crippen molar-refractivity contribution in [2.24, 2.45) is 0 Å². The molecule has 2 nitrogen and oxygen atoms in total. The predicted octanol–water partition coefficient (Wildman–Crippen LogP) is 1.86. The summed E-state index contributed by atoms with van der Waals surface area (Å²) in [7, 11) is 2.09. The Bertz CT molecular complexity index is 161. The van der Waals surface area contributed by atoms with Gasteiger partial charge in [-0.2, -0.15) is 0 Å². The molecule has 0 amide bonds. The Hall–Kier alpha value is -0.630. The molecule has 0 fully saturated rings. The maximum Gasteiger partial charge on any atom is 0.152 e. The van der Waals surface area contributed by atoms with Crippen molar-refractivity contribution < 1.29 is 4.79 Å². The van der Waals surface area contributed by atoms with Crippen molar-refractivity contribution in [2.75, 3.05) is 13.6 Å². The average Bonchev–Trinajstić information content (AvgIpc) is 1.97. The van der Waals surface area contributed by atoms with Crippen LogP contribution in [0.3, 0.4) is 0 Å². The molecule has 0 aromatic rings. The highest BCUT2D eigenvalue weighted by molar-refractivity contribution is 5.87. The standard InChI is InChI=1S/C10H19NO/c1-9(2)11(4)8-6-5-7-10(3)12/h5,7,9H,6,8H2,1-4H3/b7-5+. The van der Waals surface area contributed by atoms with Gasteiger partial charge in [-0.15, -0.1) is 0 Å². The SMILES string of the molecule is CC(=O)/C=C/CCN(C)C(C)C. The summed E-state index contributed by atoms with van der Waals surface area (Å²) in [5.74, 6) is 0.127. The van der Waals surface area contributed by atoms with Crippen molar-refractivity contribution >= 4 is 5.78 Å². The van der Waals surface area contributed by atoms with E-state index in [-0.39, 0.29) is 5.78 Å². The second kappa shape index (κ2) is 5.95. The zero-order valence-corrected chi connectivity index (χ0v) is 8.50. The first-order chi connectivity index (χ1) is 5.54. The highest BCUT2D eigenvalue weighted by atomic mass is 16.1. The first kappa shape index (κ1) is 11.4. The summed E-state index contributed by atoms with van der Waals surface area (Å²) in [5, 5.41) is 0. The molecule has 0 aliphatic carbocycles. The molecule has 0 bridgehead atoms. The lowest BCUT2D eigenvalue weighted by Gasteiger charge is -2.19. The molecule has 70 valence electrons. The van der Waals surface area contributed by atoms with Crippen molar-refractivity contribution in [3.05, 3.63) is 12.2 Å². The Kier molecular flexibility index (Phi) is 5.64. The Morgan fingerprint density at radius 2 is 2.08 bits per heavy atom. The van der Waals surface area contributed by atoms with Gasteiger partial charge in [0, 0.05) is 12.6 Å². The lowest BCUT2D eigenvalue weighted by molar-refractivity contribution is -0.112. The molecule has 0 radical (unpaired) electrons. The lowest BCUT2D eigenvalue weighted by Crippen LogP contribution is -2.26. The molecular weight excluding hydrogens is 150 g/mol. The second-order valence-corrected chi connectivity index (χ2v) is 3.38. The number of ketones is 1. The van der Waals surface area contributed by atoms with Crippen LogP contribution in [0.4, 0.5) is 0 Å². The minimum atomic E-state index is 0.127. The van der Waals surface area contributed by atoms with Crippen LogP contribution in [0.5, 0.6) is 0 Å². The van der Waals surface area contributed by atoms with E-state index in [1.807, 2.05) is 6.08 Å². The van der Waals surface area contributed by atoms with Crippen molar-refractivity contribution in [2.45, 2.75) is 33.2 Å². The van der Waals surface area contributed by atoms with Crippen LogP contribution in [0.1, 0.15) is 27.2 Å². The van der Waals surface area contributed by atoms with E-state index in [9.17, 15) is 4.79 Å². The summed E-state index contributed by atoms with van der Waals surface area (Å²) in [4.78, 5) is 12.8. The molecule has 0 atom stereocenters. The largest absolute Gasteiger partial charge is 0.304 e. The summed E-state index contributed by atoms with van der Waals surface area (Å²) in [6.07, 6.45) is 4.52. The molecule has 0 N–H and O–H groups in total. The van der Waals surface area contributed by atoms with Gasteiger partial charge < -0.3 is 4.90 Å². The smallest absolute Gasteiger partial charge is 0.152 e. The Morgan fingerprint density at radius 1 is 1.50 bits per heavy atom. The van der Waals surface area contributed by atoms with Gasteiger partial charge in [-0.25, -0.2) is 0 Å². The molecule has 12 heavy (non-hydrogen) atoms. The Labute approximate surface area is 75.3 Å². The highest BCUT2D eigenvalue weighted by Crippen LogP contribution is 1.95. The van der Waals surface area contributed by atoms with E-state index in [0.717, 1.165) is 13.0 Å². The summed E-state index contributed by atoms with van der Waals surface area (Å²) in [6, 6.07) is 0.579. The van der Waals surface area contributed by atoms with Gasteiger partial charge in [0.15, 0.2) is 5.78 Å². The molecule has 2 heteroatoms. The lowest BCUT2D eigenvalue weighted by atomic mass is 10.3. The predicted molar refractivity (Wildman–Crippen MR) is 52.2 cm³/mol. The van der Waals surface area contributed by atoms with E-state index in [0.29, 0.717) is 6.04 Å². The fourth-order valence-electron chi connectivity index (χ4n) is 0.786. The summed E-state index contributed by atoms with van der Waals surface area (Å²) >= 11 is 0. The molecule has 0 aliphatic rings. The van der Waals surface area contributed by atoms with Crippen LogP contribution in [-0.2, 0) is 4.79 Å². The minimum Gasteiger partial charge on any atom is -0.304 e. The highest BCUT2D eigenvalue weighted by Gasteiger charge is 1.99. The molecule has 0 unspecified atom stereocenters. The quantitative estimate of drug-likeness (QED) is 0.585. The van der Waals surface area contributed by atoms with Crippen molar-refractivity contribution in [1.29, 1.82) is 0 Å². The summed E-state index contributed by atoms with van der Waals surface area (Å²) in [5.41, 5.74) is 0. The number of carbonyl (C=O) groups excluding carboxylic acids is 1. The van der Waals surface area contributed by atoms with E-state index in [1.165, 1.54) is 0 Å². The van der Waals surface area contributed by atoms with Gasteiger partial charge in [0.25, 0.3) is 0 Å². The van der Waals surface area contributed by atoms with Crippen LogP contribution in [0.15, 0.2) is 12.2 Å². The van der Waals surface area contributed by atoms with Crippen LogP contribution < -0.4 is 0 Å². The minimum absolute atomic E-state index is 0.127. The zero-order valence-electron chi connectivity index (χ0n) is 8.50. The van der Waals surface area contributed by atoms with Gasteiger partial charge in [0.05, 0.1) is 0 Å². The van der Waals surface area contributed by atoms with E-state index < -0.39 is 0 Å². The first-order valence-electron chi connectivity index (χ1n) is 4.41. The molecular formula is C10H19NO. The summed E-state index contributed by atoms with van der Waals surface area (Å²) in [6.45, 7) is 6.91. The van der Waals surface area contributed by atoms with Crippen LogP contribution in [0, 0.1) is 0 Å². The Morgan fingerprint density at radius 3 is 2.50 bits per heavy atom. The van der Waals surface area contributed by atoms with Gasteiger partial charge in [-0.3, -0.25) is 4.79 Å². The molecule has 0 saturated carbocycles.